The predicted molar refractivity (Wildman–Crippen MR) is 192 cm³/mol. The fraction of sp³-hybridized carbons (Fsp3) is 0.238. The SMILES string of the molecule is CC(C)c1cccc(C(C)C)c1-c1cnn(-c2[c-]c(Oc3[c-]c4c(cc3)c3ccccc3n4-c3cc(C(C)(C)C)ccn3)ccc2)c1.[Pt+2]. The van der Waals surface area contributed by atoms with Crippen molar-refractivity contribution in [1.82, 2.24) is 19.3 Å². The molecule has 0 aliphatic rings. The van der Waals surface area contributed by atoms with Crippen molar-refractivity contribution in [3.8, 4) is 34.1 Å². The molecule has 244 valence electrons. The second-order valence-electron chi connectivity index (χ2n) is 13.9. The van der Waals surface area contributed by atoms with Gasteiger partial charge in [0, 0.05) is 35.0 Å². The van der Waals surface area contributed by atoms with Gasteiger partial charge in [0.1, 0.15) is 5.82 Å². The molecule has 7 rings (SSSR count). The van der Waals surface area contributed by atoms with Crippen molar-refractivity contribution < 1.29 is 25.8 Å². The number of rotatable bonds is 7. The van der Waals surface area contributed by atoms with Crippen LogP contribution in [0.15, 0.2) is 104 Å². The maximum absolute atomic E-state index is 6.42. The minimum atomic E-state index is -0.000841. The van der Waals surface area contributed by atoms with Crippen LogP contribution in [0, 0.1) is 12.1 Å². The van der Waals surface area contributed by atoms with Crippen LogP contribution in [-0.2, 0) is 26.5 Å². The zero-order valence-corrected chi connectivity index (χ0v) is 30.8. The maximum atomic E-state index is 6.42. The van der Waals surface area contributed by atoms with Crippen LogP contribution in [0.3, 0.4) is 0 Å². The molecule has 6 heteroatoms. The van der Waals surface area contributed by atoms with Gasteiger partial charge in [0.25, 0.3) is 0 Å². The summed E-state index contributed by atoms with van der Waals surface area (Å²) in [5.74, 6) is 2.87. The van der Waals surface area contributed by atoms with E-state index in [0.717, 1.165) is 38.9 Å². The molecule has 0 fully saturated rings. The van der Waals surface area contributed by atoms with Gasteiger partial charge in [-0.1, -0.05) is 90.4 Å². The smallest absolute Gasteiger partial charge is 0.509 e. The molecule has 0 aliphatic heterocycles. The van der Waals surface area contributed by atoms with Crippen molar-refractivity contribution in [2.24, 2.45) is 0 Å². The molecular formula is C42H40N4OPt. The van der Waals surface area contributed by atoms with E-state index in [9.17, 15) is 0 Å². The van der Waals surface area contributed by atoms with Crippen molar-refractivity contribution in [3.63, 3.8) is 0 Å². The monoisotopic (exact) mass is 811 g/mol. The van der Waals surface area contributed by atoms with Crippen molar-refractivity contribution in [2.75, 3.05) is 0 Å². The average molecular weight is 812 g/mol. The van der Waals surface area contributed by atoms with E-state index in [0.29, 0.717) is 23.3 Å². The van der Waals surface area contributed by atoms with E-state index in [2.05, 4.69) is 132 Å². The van der Waals surface area contributed by atoms with Crippen molar-refractivity contribution in [3.05, 3.63) is 132 Å². The Morgan fingerprint density at radius 2 is 1.46 bits per heavy atom. The Bertz CT molecular complexity index is 2210. The van der Waals surface area contributed by atoms with Gasteiger partial charge in [-0.3, -0.25) is 4.68 Å². The van der Waals surface area contributed by atoms with Gasteiger partial charge in [0.05, 0.1) is 6.20 Å². The summed E-state index contributed by atoms with van der Waals surface area (Å²) in [5, 5.41) is 7.00. The molecule has 3 heterocycles. The van der Waals surface area contributed by atoms with E-state index in [1.165, 1.54) is 22.3 Å². The molecular weight excluding hydrogens is 772 g/mol. The van der Waals surface area contributed by atoms with E-state index in [4.69, 9.17) is 14.8 Å². The third kappa shape index (κ3) is 6.24. The van der Waals surface area contributed by atoms with Crippen LogP contribution in [0.1, 0.15) is 77.0 Å². The Labute approximate surface area is 297 Å². The number of hydrogen-bond donors (Lipinski definition) is 0. The third-order valence-corrected chi connectivity index (χ3v) is 8.86. The summed E-state index contributed by atoms with van der Waals surface area (Å²) >= 11 is 0. The van der Waals surface area contributed by atoms with Gasteiger partial charge in [-0.2, -0.15) is 17.2 Å². The Balaban J connectivity index is 0.00000401. The van der Waals surface area contributed by atoms with Gasteiger partial charge in [-0.25, -0.2) is 4.98 Å². The molecule has 7 aromatic rings. The normalized spacial score (nSPS) is 11.9. The molecule has 0 saturated carbocycles. The fourth-order valence-electron chi connectivity index (χ4n) is 6.39. The van der Waals surface area contributed by atoms with Crippen LogP contribution >= 0.6 is 0 Å². The fourth-order valence-corrected chi connectivity index (χ4v) is 6.39. The number of ether oxygens (including phenoxy) is 1. The molecule has 0 radical (unpaired) electrons. The minimum absolute atomic E-state index is 0. The molecule has 3 aromatic heterocycles. The molecule has 0 atom stereocenters. The Hall–Kier alpha value is -4.47. The third-order valence-electron chi connectivity index (χ3n) is 8.86. The van der Waals surface area contributed by atoms with Gasteiger partial charge < -0.3 is 9.30 Å². The van der Waals surface area contributed by atoms with Gasteiger partial charge in [-0.05, 0) is 68.8 Å². The van der Waals surface area contributed by atoms with Crippen molar-refractivity contribution in [1.29, 1.82) is 0 Å². The Kier molecular flexibility index (Phi) is 9.20. The largest absolute Gasteiger partial charge is 2.00 e. The van der Waals surface area contributed by atoms with Crippen LogP contribution < -0.4 is 4.74 Å². The van der Waals surface area contributed by atoms with Gasteiger partial charge >= 0.3 is 21.1 Å². The zero-order chi connectivity index (χ0) is 32.9. The molecule has 4 aromatic carbocycles. The van der Waals surface area contributed by atoms with Crippen LogP contribution in [0.4, 0.5) is 0 Å². The first-order chi connectivity index (χ1) is 22.6. The van der Waals surface area contributed by atoms with Gasteiger partial charge in [0.2, 0.25) is 0 Å². The molecule has 0 unspecified atom stereocenters. The number of fused-ring (bicyclic) bond motifs is 3. The quantitative estimate of drug-likeness (QED) is 0.151. The van der Waals surface area contributed by atoms with Crippen molar-refractivity contribution in [2.45, 2.75) is 65.7 Å². The summed E-state index contributed by atoms with van der Waals surface area (Å²) in [4.78, 5) is 4.79. The first kappa shape index (κ1) is 33.4. The van der Waals surface area contributed by atoms with E-state index in [1.807, 2.05) is 41.3 Å². The van der Waals surface area contributed by atoms with Crippen LogP contribution in [0.25, 0.3) is 44.4 Å². The number of para-hydroxylation sites is 1. The second-order valence-corrected chi connectivity index (χ2v) is 13.9. The summed E-state index contributed by atoms with van der Waals surface area (Å²) in [6.07, 6.45) is 5.94. The summed E-state index contributed by atoms with van der Waals surface area (Å²) in [6.45, 7) is 15.6. The predicted octanol–water partition coefficient (Wildman–Crippen LogP) is 11.0. The topological polar surface area (TPSA) is 44.9 Å². The molecule has 48 heavy (non-hydrogen) atoms. The summed E-state index contributed by atoms with van der Waals surface area (Å²) in [6, 6.07) is 36.3. The Morgan fingerprint density at radius 1 is 0.750 bits per heavy atom. The van der Waals surface area contributed by atoms with Crippen molar-refractivity contribution >= 4 is 21.8 Å². The summed E-state index contributed by atoms with van der Waals surface area (Å²) < 4.78 is 10.5. The molecule has 0 spiro atoms. The zero-order valence-electron chi connectivity index (χ0n) is 28.5. The first-order valence-corrected chi connectivity index (χ1v) is 16.4. The maximum Gasteiger partial charge on any atom is 2.00 e. The van der Waals surface area contributed by atoms with E-state index in [1.54, 1.807) is 0 Å². The molecule has 0 amide bonds. The number of hydrogen-bond acceptors (Lipinski definition) is 3. The number of nitrogens with zero attached hydrogens (tertiary/aromatic N) is 4. The van der Waals surface area contributed by atoms with Crippen LogP contribution in [-0.4, -0.2) is 19.3 Å². The first-order valence-electron chi connectivity index (χ1n) is 16.4. The van der Waals surface area contributed by atoms with E-state index >= 15 is 0 Å². The van der Waals surface area contributed by atoms with Crippen LogP contribution in [0.5, 0.6) is 11.5 Å². The molecule has 5 nitrogen and oxygen atoms in total. The average Bonchev–Trinajstić information content (AvgIpc) is 3.67. The minimum Gasteiger partial charge on any atom is -0.509 e. The molecule has 0 bridgehead atoms. The summed E-state index contributed by atoms with van der Waals surface area (Å²) in [5.41, 5.74) is 9.07. The number of benzene rings is 4. The molecule has 0 saturated heterocycles. The van der Waals surface area contributed by atoms with Gasteiger partial charge in [-0.15, -0.1) is 35.7 Å². The number of aromatic nitrogens is 4. The van der Waals surface area contributed by atoms with E-state index in [-0.39, 0.29) is 26.5 Å². The molecule has 0 aliphatic carbocycles. The van der Waals surface area contributed by atoms with Gasteiger partial charge in [0.15, 0.2) is 0 Å². The Morgan fingerprint density at radius 3 is 2.19 bits per heavy atom. The number of pyridine rings is 1. The second kappa shape index (κ2) is 13.2. The summed E-state index contributed by atoms with van der Waals surface area (Å²) in [7, 11) is 0. The molecule has 0 N–H and O–H groups in total. The van der Waals surface area contributed by atoms with E-state index < -0.39 is 0 Å². The standard InChI is InChI=1S/C42H40N4O.Pt/c1-27(2)34-15-11-16-35(28(3)4)41(34)29-25-44-45(26-29)31-12-10-13-32(23-31)47-33-18-19-37-36-14-8-9-17-38(36)46(39(37)24-33)40-22-30(20-21-43-40)42(5,6)7;/h8-22,25-28H,1-7H3;/q-2;+2. The van der Waals surface area contributed by atoms with Crippen LogP contribution in [0.2, 0.25) is 0 Å².